The molecule has 0 atom stereocenters. The number of carboxylic acid groups (broad SMARTS) is 1. The molecule has 6 nitrogen and oxygen atoms in total. The Labute approximate surface area is 200 Å². The lowest BCUT2D eigenvalue weighted by molar-refractivity contribution is -0.137. The highest BCUT2D eigenvalue weighted by atomic mass is 19.1. The van der Waals surface area contributed by atoms with E-state index >= 15 is 0 Å². The second-order valence-corrected chi connectivity index (χ2v) is 8.14. The average Bonchev–Trinajstić information content (AvgIpc) is 2.85. The van der Waals surface area contributed by atoms with Crippen LogP contribution >= 0.6 is 0 Å². The van der Waals surface area contributed by atoms with Gasteiger partial charge in [0, 0.05) is 24.1 Å². The number of fused-ring (bicyclic) bond motifs is 1. The van der Waals surface area contributed by atoms with E-state index < -0.39 is 5.97 Å². The summed E-state index contributed by atoms with van der Waals surface area (Å²) >= 11 is 0. The number of hydrogen-bond acceptors (Lipinski definition) is 4. The van der Waals surface area contributed by atoms with E-state index in [2.05, 4.69) is 5.32 Å². The number of halogens is 2. The summed E-state index contributed by atoms with van der Waals surface area (Å²) in [5.41, 5.74) is 4.23. The van der Waals surface area contributed by atoms with Gasteiger partial charge in [-0.1, -0.05) is 12.1 Å². The van der Waals surface area contributed by atoms with E-state index in [0.717, 1.165) is 5.56 Å². The Hall–Kier alpha value is -4.20. The van der Waals surface area contributed by atoms with Gasteiger partial charge in [0.25, 0.3) is 5.91 Å². The first kappa shape index (κ1) is 23.9. The van der Waals surface area contributed by atoms with Gasteiger partial charge < -0.3 is 10.4 Å². The zero-order valence-corrected chi connectivity index (χ0v) is 18.8. The number of benzene rings is 3. The molecule has 2 N–H and O–H groups in total. The molecule has 1 amide bonds. The first-order chi connectivity index (χ1) is 16.9. The van der Waals surface area contributed by atoms with Crippen molar-refractivity contribution in [3.8, 4) is 11.3 Å². The molecule has 0 aliphatic carbocycles. The molecule has 4 aromatic rings. The maximum absolute atomic E-state index is 13.4. The minimum Gasteiger partial charge on any atom is -0.481 e. The van der Waals surface area contributed by atoms with Crippen LogP contribution < -0.4 is 5.32 Å². The summed E-state index contributed by atoms with van der Waals surface area (Å²) in [7, 11) is 0. The molecule has 0 unspecified atom stereocenters. The van der Waals surface area contributed by atoms with Crippen LogP contribution in [0.1, 0.15) is 40.9 Å². The molecular formula is C27H23F2N3O3. The van der Waals surface area contributed by atoms with Crippen molar-refractivity contribution in [2.75, 3.05) is 0 Å². The summed E-state index contributed by atoms with van der Waals surface area (Å²) in [5, 5.41) is 11.7. The summed E-state index contributed by atoms with van der Waals surface area (Å²) in [6, 6.07) is 16.9. The highest BCUT2D eigenvalue weighted by molar-refractivity contribution is 5.97. The van der Waals surface area contributed by atoms with Crippen molar-refractivity contribution in [2.24, 2.45) is 0 Å². The van der Waals surface area contributed by atoms with E-state index in [4.69, 9.17) is 15.1 Å². The van der Waals surface area contributed by atoms with Gasteiger partial charge in [-0.05, 0) is 79.4 Å². The highest BCUT2D eigenvalue weighted by Crippen LogP contribution is 2.26. The van der Waals surface area contributed by atoms with Crippen molar-refractivity contribution in [3.63, 3.8) is 0 Å². The minimum absolute atomic E-state index is 0.0608. The van der Waals surface area contributed by atoms with Crippen LogP contribution in [-0.2, 0) is 17.8 Å². The Kier molecular flexibility index (Phi) is 7.40. The average molecular weight is 475 g/mol. The lowest BCUT2D eigenvalue weighted by Crippen LogP contribution is -2.22. The lowest BCUT2D eigenvalue weighted by Gasteiger charge is -2.11. The monoisotopic (exact) mass is 475 g/mol. The number of carbonyl (C=O) groups is 2. The van der Waals surface area contributed by atoms with E-state index in [9.17, 15) is 18.4 Å². The van der Waals surface area contributed by atoms with Gasteiger partial charge in [-0.25, -0.2) is 18.7 Å². The van der Waals surface area contributed by atoms with Crippen molar-refractivity contribution in [1.82, 2.24) is 15.3 Å². The van der Waals surface area contributed by atoms with E-state index in [-0.39, 0.29) is 30.5 Å². The standard InChI is InChI=1S/C27H23F2N3O3/c28-20-10-5-17(6-11-20)16-30-27(35)19-9-14-22-24(15-19)31-23(3-1-2-4-25(33)34)26(32-22)18-7-12-21(29)13-8-18/h5-15H,1-4,16H2,(H,30,35)(H,33,34). The summed E-state index contributed by atoms with van der Waals surface area (Å²) in [6.07, 6.45) is 1.64. The van der Waals surface area contributed by atoms with Crippen molar-refractivity contribution in [3.05, 3.63) is 95.2 Å². The first-order valence-corrected chi connectivity index (χ1v) is 11.2. The number of carbonyl (C=O) groups excluding carboxylic acids is 1. The fourth-order valence-corrected chi connectivity index (χ4v) is 3.70. The number of carboxylic acids is 1. The molecule has 0 spiro atoms. The zero-order valence-electron chi connectivity index (χ0n) is 18.8. The summed E-state index contributed by atoms with van der Waals surface area (Å²) in [5.74, 6) is -1.86. The number of aliphatic carboxylic acids is 1. The number of amides is 1. The van der Waals surface area contributed by atoms with Gasteiger partial charge in [-0.3, -0.25) is 9.59 Å². The van der Waals surface area contributed by atoms with Crippen LogP contribution in [0.4, 0.5) is 8.78 Å². The number of unbranched alkanes of at least 4 members (excludes halogenated alkanes) is 1. The summed E-state index contributed by atoms with van der Waals surface area (Å²) in [4.78, 5) is 33.0. The molecule has 3 aromatic carbocycles. The SMILES string of the molecule is O=C(O)CCCCc1nc2cc(C(=O)NCc3ccc(F)cc3)ccc2nc1-c1ccc(F)cc1. The maximum Gasteiger partial charge on any atom is 0.303 e. The largest absolute Gasteiger partial charge is 0.481 e. The molecule has 0 saturated heterocycles. The van der Waals surface area contributed by atoms with Gasteiger partial charge in [0.1, 0.15) is 11.6 Å². The van der Waals surface area contributed by atoms with Crippen LogP contribution in [0, 0.1) is 11.6 Å². The smallest absolute Gasteiger partial charge is 0.303 e. The summed E-state index contributed by atoms with van der Waals surface area (Å²) < 4.78 is 26.5. The molecule has 4 rings (SSSR count). The molecular weight excluding hydrogens is 452 g/mol. The maximum atomic E-state index is 13.4. The fraction of sp³-hybridized carbons (Fsp3) is 0.185. The van der Waals surface area contributed by atoms with Crippen LogP contribution in [0.2, 0.25) is 0 Å². The van der Waals surface area contributed by atoms with E-state index in [0.29, 0.717) is 52.8 Å². The van der Waals surface area contributed by atoms with Crippen molar-refractivity contribution >= 4 is 22.9 Å². The fourth-order valence-electron chi connectivity index (χ4n) is 3.70. The van der Waals surface area contributed by atoms with Crippen LogP contribution in [-0.4, -0.2) is 27.0 Å². The van der Waals surface area contributed by atoms with Crippen molar-refractivity contribution in [1.29, 1.82) is 0 Å². The van der Waals surface area contributed by atoms with Gasteiger partial charge in [0.05, 0.1) is 22.4 Å². The molecule has 8 heteroatoms. The van der Waals surface area contributed by atoms with Gasteiger partial charge in [0.15, 0.2) is 0 Å². The Morgan fingerprint density at radius 1 is 0.829 bits per heavy atom. The zero-order chi connectivity index (χ0) is 24.8. The number of aromatic nitrogens is 2. The minimum atomic E-state index is -0.857. The predicted molar refractivity (Wildman–Crippen MR) is 128 cm³/mol. The van der Waals surface area contributed by atoms with Crippen LogP contribution in [0.25, 0.3) is 22.3 Å². The van der Waals surface area contributed by atoms with Crippen LogP contribution in [0.3, 0.4) is 0 Å². The molecule has 0 radical (unpaired) electrons. The second kappa shape index (κ2) is 10.8. The normalized spacial score (nSPS) is 10.9. The molecule has 0 bridgehead atoms. The molecule has 35 heavy (non-hydrogen) atoms. The molecule has 0 saturated carbocycles. The third-order valence-corrected chi connectivity index (χ3v) is 5.54. The van der Waals surface area contributed by atoms with Gasteiger partial charge in [-0.15, -0.1) is 0 Å². The molecule has 0 aliphatic rings. The van der Waals surface area contributed by atoms with Gasteiger partial charge in [0.2, 0.25) is 0 Å². The van der Waals surface area contributed by atoms with Crippen molar-refractivity contribution < 1.29 is 23.5 Å². The van der Waals surface area contributed by atoms with Crippen molar-refractivity contribution in [2.45, 2.75) is 32.2 Å². The molecule has 178 valence electrons. The number of hydrogen-bond donors (Lipinski definition) is 2. The van der Waals surface area contributed by atoms with E-state index in [1.165, 1.54) is 24.3 Å². The quantitative estimate of drug-likeness (QED) is 0.321. The first-order valence-electron chi connectivity index (χ1n) is 11.2. The van der Waals surface area contributed by atoms with Crippen LogP contribution in [0.15, 0.2) is 66.7 Å². The predicted octanol–water partition coefficient (Wildman–Crippen LogP) is 5.30. The Bertz CT molecular complexity index is 1360. The number of aryl methyl sites for hydroxylation is 1. The number of nitrogens with one attached hydrogen (secondary N) is 1. The van der Waals surface area contributed by atoms with Gasteiger partial charge >= 0.3 is 5.97 Å². The van der Waals surface area contributed by atoms with Gasteiger partial charge in [-0.2, -0.15) is 0 Å². The second-order valence-electron chi connectivity index (χ2n) is 8.14. The summed E-state index contributed by atoms with van der Waals surface area (Å²) in [6.45, 7) is 0.251. The van der Waals surface area contributed by atoms with E-state index in [1.54, 1.807) is 42.5 Å². The highest BCUT2D eigenvalue weighted by Gasteiger charge is 2.14. The number of nitrogens with zero attached hydrogens (tertiary/aromatic N) is 2. The Balaban J connectivity index is 1.60. The van der Waals surface area contributed by atoms with E-state index in [1.807, 2.05) is 0 Å². The Morgan fingerprint density at radius 2 is 1.51 bits per heavy atom. The third-order valence-electron chi connectivity index (χ3n) is 5.54. The lowest BCUT2D eigenvalue weighted by atomic mass is 10.0. The molecule has 1 heterocycles. The topological polar surface area (TPSA) is 92.2 Å². The molecule has 0 fully saturated rings. The number of rotatable bonds is 9. The van der Waals surface area contributed by atoms with Crippen LogP contribution in [0.5, 0.6) is 0 Å². The Morgan fingerprint density at radius 3 is 2.20 bits per heavy atom. The molecule has 0 aliphatic heterocycles. The molecule has 1 aromatic heterocycles. The third kappa shape index (κ3) is 6.23.